The topological polar surface area (TPSA) is 71.3 Å². The third-order valence-corrected chi connectivity index (χ3v) is 5.36. The van der Waals surface area contributed by atoms with E-state index in [2.05, 4.69) is 15.2 Å². The minimum atomic E-state index is -0.342. The fraction of sp³-hybridized carbons (Fsp3) is 0.500. The van der Waals surface area contributed by atoms with Crippen LogP contribution in [0.25, 0.3) is 10.9 Å². The Morgan fingerprint density at radius 2 is 2.04 bits per heavy atom. The van der Waals surface area contributed by atoms with E-state index >= 15 is 0 Å². The van der Waals surface area contributed by atoms with Crippen molar-refractivity contribution < 1.29 is 4.92 Å². The van der Waals surface area contributed by atoms with Gasteiger partial charge >= 0.3 is 0 Å². The summed E-state index contributed by atoms with van der Waals surface area (Å²) in [4.78, 5) is 17.9. The van der Waals surface area contributed by atoms with Crippen molar-refractivity contribution >= 4 is 22.3 Å². The molecule has 1 saturated heterocycles. The maximum Gasteiger partial charge on any atom is 0.278 e. The second kappa shape index (κ2) is 6.36. The number of nitro groups is 1. The van der Waals surface area contributed by atoms with E-state index in [0.29, 0.717) is 16.9 Å². The molecule has 0 amide bonds. The number of aromatic nitrogens is 1. The molecule has 24 heavy (non-hydrogen) atoms. The second-order valence-corrected chi connectivity index (χ2v) is 6.85. The highest BCUT2D eigenvalue weighted by Crippen LogP contribution is 2.32. The Hall–Kier alpha value is -2.21. The maximum absolute atomic E-state index is 11.2. The smallest absolute Gasteiger partial charge is 0.278 e. The van der Waals surface area contributed by atoms with E-state index in [1.807, 2.05) is 0 Å². The lowest BCUT2D eigenvalue weighted by molar-refractivity contribution is -0.383. The first-order valence-corrected chi connectivity index (χ1v) is 8.75. The van der Waals surface area contributed by atoms with Gasteiger partial charge in [-0.3, -0.25) is 20.0 Å². The van der Waals surface area contributed by atoms with Gasteiger partial charge in [-0.25, -0.2) is 0 Å². The zero-order valence-corrected chi connectivity index (χ0v) is 13.6. The van der Waals surface area contributed by atoms with E-state index in [9.17, 15) is 10.1 Å². The lowest BCUT2D eigenvalue weighted by Crippen LogP contribution is -2.33. The fourth-order valence-electron chi connectivity index (χ4n) is 4.16. The van der Waals surface area contributed by atoms with Gasteiger partial charge in [-0.1, -0.05) is 12.8 Å². The molecule has 0 radical (unpaired) electrons. The molecule has 1 aliphatic carbocycles. The van der Waals surface area contributed by atoms with Crippen molar-refractivity contribution in [3.63, 3.8) is 0 Å². The Morgan fingerprint density at radius 3 is 2.83 bits per heavy atom. The van der Waals surface area contributed by atoms with Gasteiger partial charge in [0.25, 0.3) is 5.69 Å². The summed E-state index contributed by atoms with van der Waals surface area (Å²) in [7, 11) is 0. The van der Waals surface area contributed by atoms with Crippen molar-refractivity contribution in [1.29, 1.82) is 0 Å². The normalized spacial score (nSPS) is 22.2. The van der Waals surface area contributed by atoms with Crippen molar-refractivity contribution in [2.24, 2.45) is 0 Å². The average Bonchev–Trinajstić information content (AvgIpc) is 3.26. The number of hydrogen-bond donors (Lipinski definition) is 1. The molecule has 1 atom stereocenters. The van der Waals surface area contributed by atoms with Crippen molar-refractivity contribution in [3.8, 4) is 0 Å². The van der Waals surface area contributed by atoms with Crippen molar-refractivity contribution in [2.45, 2.75) is 44.2 Å². The van der Waals surface area contributed by atoms with E-state index in [-0.39, 0.29) is 10.6 Å². The number of non-ortho nitro benzene ring substituents is 1. The molecule has 1 saturated carbocycles. The van der Waals surface area contributed by atoms with Gasteiger partial charge in [0.1, 0.15) is 5.52 Å². The molecule has 2 aliphatic rings. The molecule has 6 nitrogen and oxygen atoms in total. The Kier molecular flexibility index (Phi) is 4.06. The van der Waals surface area contributed by atoms with Gasteiger partial charge < -0.3 is 5.32 Å². The number of rotatable bonds is 4. The summed E-state index contributed by atoms with van der Waals surface area (Å²) in [5.74, 6) is 0. The first-order valence-electron chi connectivity index (χ1n) is 8.75. The zero-order chi connectivity index (χ0) is 16.5. The van der Waals surface area contributed by atoms with Crippen LogP contribution in [0.15, 0.2) is 30.5 Å². The molecule has 4 rings (SSSR count). The standard InChI is InChI=1S/C18H22N4O2/c23-22(24)17-8-7-16(18-15(17)6-3-10-19-18)20-13-9-11-21(12-13)14-4-1-2-5-14/h3,6-8,10,13-14,20H,1-2,4-5,9,11-12H2. The van der Waals surface area contributed by atoms with Gasteiger partial charge in [0, 0.05) is 37.4 Å². The predicted octanol–water partition coefficient (Wildman–Crippen LogP) is 3.57. The molecule has 0 spiro atoms. The monoisotopic (exact) mass is 326 g/mol. The molecule has 1 N–H and O–H groups in total. The predicted molar refractivity (Wildman–Crippen MR) is 94.3 cm³/mol. The molecule has 1 aromatic carbocycles. The average molecular weight is 326 g/mol. The number of fused-ring (bicyclic) bond motifs is 1. The van der Waals surface area contributed by atoms with E-state index in [1.54, 1.807) is 30.5 Å². The van der Waals surface area contributed by atoms with Crippen LogP contribution < -0.4 is 5.32 Å². The molecule has 126 valence electrons. The molecular weight excluding hydrogens is 304 g/mol. The lowest BCUT2D eigenvalue weighted by atomic mass is 10.1. The van der Waals surface area contributed by atoms with E-state index in [4.69, 9.17) is 0 Å². The Balaban J connectivity index is 1.55. The summed E-state index contributed by atoms with van der Waals surface area (Å²) in [5, 5.41) is 15.4. The van der Waals surface area contributed by atoms with E-state index in [0.717, 1.165) is 31.2 Å². The van der Waals surface area contributed by atoms with Gasteiger partial charge in [-0.2, -0.15) is 0 Å². The van der Waals surface area contributed by atoms with Gasteiger partial charge in [0.05, 0.1) is 16.0 Å². The summed E-state index contributed by atoms with van der Waals surface area (Å²) in [6.07, 6.45) is 8.17. The first-order chi connectivity index (χ1) is 11.7. The third kappa shape index (κ3) is 2.82. The van der Waals surface area contributed by atoms with Gasteiger partial charge in [0.2, 0.25) is 0 Å². The first kappa shape index (κ1) is 15.3. The maximum atomic E-state index is 11.2. The molecule has 1 unspecified atom stereocenters. The number of nitrogens with zero attached hydrogens (tertiary/aromatic N) is 3. The van der Waals surface area contributed by atoms with Gasteiger partial charge in [0.15, 0.2) is 0 Å². The van der Waals surface area contributed by atoms with Crippen LogP contribution in [0.2, 0.25) is 0 Å². The van der Waals surface area contributed by atoms with E-state index in [1.165, 1.54) is 25.7 Å². The van der Waals surface area contributed by atoms with Crippen LogP contribution in [-0.2, 0) is 0 Å². The highest BCUT2D eigenvalue weighted by molar-refractivity contribution is 5.96. The van der Waals surface area contributed by atoms with Crippen LogP contribution >= 0.6 is 0 Å². The van der Waals surface area contributed by atoms with Crippen molar-refractivity contribution in [2.75, 3.05) is 18.4 Å². The second-order valence-electron chi connectivity index (χ2n) is 6.85. The van der Waals surface area contributed by atoms with Crippen LogP contribution in [0.3, 0.4) is 0 Å². The third-order valence-electron chi connectivity index (χ3n) is 5.36. The number of likely N-dealkylation sites (tertiary alicyclic amines) is 1. The highest BCUT2D eigenvalue weighted by atomic mass is 16.6. The van der Waals surface area contributed by atoms with Crippen LogP contribution in [0, 0.1) is 10.1 Å². The summed E-state index contributed by atoms with van der Waals surface area (Å²) >= 11 is 0. The summed E-state index contributed by atoms with van der Waals surface area (Å²) in [6.45, 7) is 2.19. The molecule has 2 aromatic rings. The SMILES string of the molecule is O=[N+]([O-])c1ccc(NC2CCN(C3CCCC3)C2)c2ncccc12. The molecule has 1 aromatic heterocycles. The van der Waals surface area contributed by atoms with Crippen LogP contribution in [0.1, 0.15) is 32.1 Å². The number of pyridine rings is 1. The lowest BCUT2D eigenvalue weighted by Gasteiger charge is -2.23. The Morgan fingerprint density at radius 1 is 1.21 bits per heavy atom. The van der Waals surface area contributed by atoms with E-state index < -0.39 is 0 Å². The molecule has 2 heterocycles. The number of hydrogen-bond acceptors (Lipinski definition) is 5. The number of benzene rings is 1. The minimum Gasteiger partial charge on any atom is -0.379 e. The Labute approximate surface area is 141 Å². The summed E-state index contributed by atoms with van der Waals surface area (Å²) in [5.41, 5.74) is 1.70. The Bertz CT molecular complexity index is 758. The number of nitrogens with one attached hydrogen (secondary N) is 1. The quantitative estimate of drug-likeness (QED) is 0.687. The molecule has 1 aliphatic heterocycles. The summed E-state index contributed by atoms with van der Waals surface area (Å²) < 4.78 is 0. The van der Waals surface area contributed by atoms with Crippen molar-refractivity contribution in [1.82, 2.24) is 9.88 Å². The minimum absolute atomic E-state index is 0.114. The largest absolute Gasteiger partial charge is 0.379 e. The van der Waals surface area contributed by atoms with Gasteiger partial charge in [-0.15, -0.1) is 0 Å². The zero-order valence-electron chi connectivity index (χ0n) is 13.6. The number of nitro benzene ring substituents is 1. The summed E-state index contributed by atoms with van der Waals surface area (Å²) in [6, 6.07) is 8.03. The highest BCUT2D eigenvalue weighted by Gasteiger charge is 2.30. The molecule has 2 fully saturated rings. The fourth-order valence-corrected chi connectivity index (χ4v) is 4.16. The van der Waals surface area contributed by atoms with Crippen LogP contribution in [0.4, 0.5) is 11.4 Å². The number of anilines is 1. The molecular formula is C18H22N4O2. The van der Waals surface area contributed by atoms with Crippen LogP contribution in [-0.4, -0.2) is 40.0 Å². The van der Waals surface area contributed by atoms with Crippen LogP contribution in [0.5, 0.6) is 0 Å². The molecule has 0 bridgehead atoms. The van der Waals surface area contributed by atoms with Crippen molar-refractivity contribution in [3.05, 3.63) is 40.6 Å². The molecule has 6 heteroatoms. The van der Waals surface area contributed by atoms with Gasteiger partial charge in [-0.05, 0) is 37.5 Å².